The predicted molar refractivity (Wildman–Crippen MR) is 108 cm³/mol. The van der Waals surface area contributed by atoms with Crippen LogP contribution in [0.25, 0.3) is 22.4 Å². The Morgan fingerprint density at radius 3 is 2.04 bits per heavy atom. The Balaban J connectivity index is 2.16. The van der Waals surface area contributed by atoms with E-state index in [-0.39, 0.29) is 17.1 Å². The third kappa shape index (κ3) is 2.72. The number of aromatic nitrogens is 2. The molecule has 3 aromatic carbocycles. The van der Waals surface area contributed by atoms with Crippen molar-refractivity contribution in [2.75, 3.05) is 0 Å². The molecule has 1 heterocycles. The Kier molecular flexibility index (Phi) is 4.27. The number of para-hydroxylation sites is 4. The van der Waals surface area contributed by atoms with Gasteiger partial charge in [-0.2, -0.15) is 0 Å². The van der Waals surface area contributed by atoms with Gasteiger partial charge >= 0.3 is 11.4 Å². The lowest BCUT2D eigenvalue weighted by atomic mass is 10.2. The van der Waals surface area contributed by atoms with Gasteiger partial charge in [-0.1, -0.05) is 30.3 Å². The van der Waals surface area contributed by atoms with Crippen LogP contribution in [0.3, 0.4) is 0 Å². The largest absolute Gasteiger partial charge is 0.338 e. The Labute approximate surface area is 165 Å². The van der Waals surface area contributed by atoms with E-state index in [1.165, 1.54) is 33.4 Å². The van der Waals surface area contributed by atoms with Gasteiger partial charge in [0.15, 0.2) is 0 Å². The van der Waals surface area contributed by atoms with Gasteiger partial charge in [-0.25, -0.2) is 9.18 Å². The fraction of sp³-hybridized carbons (Fsp3) is 0. The van der Waals surface area contributed by atoms with Gasteiger partial charge in [-0.05, 0) is 59.0 Å². The summed E-state index contributed by atoms with van der Waals surface area (Å²) in [6, 6.07) is 17.5. The number of nitro benzene ring substituents is 1. The second-order valence-electron chi connectivity index (χ2n) is 5.76. The number of halogens is 2. The van der Waals surface area contributed by atoms with E-state index in [2.05, 4.69) is 0 Å². The number of imidazole rings is 1. The Morgan fingerprint density at radius 1 is 0.852 bits per heavy atom. The van der Waals surface area contributed by atoms with Crippen molar-refractivity contribution in [3.05, 3.63) is 96.7 Å². The zero-order chi connectivity index (χ0) is 19.1. The molecule has 0 atom stereocenters. The molecule has 27 heavy (non-hydrogen) atoms. The summed E-state index contributed by atoms with van der Waals surface area (Å²) in [4.78, 5) is 24.4. The van der Waals surface area contributed by atoms with Crippen molar-refractivity contribution in [1.82, 2.24) is 9.13 Å². The molecule has 0 fully saturated rings. The van der Waals surface area contributed by atoms with E-state index in [4.69, 9.17) is 0 Å². The highest BCUT2D eigenvalue weighted by atomic mass is 127. The monoisotopic (exact) mass is 475 g/mol. The summed E-state index contributed by atoms with van der Waals surface area (Å²) in [5.74, 6) is -0.556. The van der Waals surface area contributed by atoms with E-state index in [9.17, 15) is 19.3 Å². The quantitative estimate of drug-likeness (QED) is 0.250. The van der Waals surface area contributed by atoms with Gasteiger partial charge in [0.25, 0.3) is 0 Å². The van der Waals surface area contributed by atoms with Crippen LogP contribution in [0.15, 0.2) is 71.5 Å². The first-order chi connectivity index (χ1) is 13.0. The van der Waals surface area contributed by atoms with Gasteiger partial charge < -0.3 is 0 Å². The molecule has 0 spiro atoms. The van der Waals surface area contributed by atoms with E-state index in [0.29, 0.717) is 14.6 Å². The minimum Gasteiger partial charge on any atom is -0.258 e. The van der Waals surface area contributed by atoms with Gasteiger partial charge in [0, 0.05) is 0 Å². The molecule has 0 saturated carbocycles. The summed E-state index contributed by atoms with van der Waals surface area (Å²) in [7, 11) is 0. The van der Waals surface area contributed by atoms with Crippen LogP contribution in [0.5, 0.6) is 0 Å². The minimum atomic E-state index is -0.577. The molecule has 0 aliphatic rings. The topological polar surface area (TPSA) is 70.1 Å². The van der Waals surface area contributed by atoms with Gasteiger partial charge in [0.1, 0.15) is 11.5 Å². The predicted octanol–water partition coefficient (Wildman–Crippen LogP) is 4.43. The standard InChI is InChI=1S/C19H11FIN3O3/c20-12-6-1-2-8-14(12)22-15-9-3-4-10-16(15)23(19(22)25)17-11-5-7-13(21)18(17)24(26)27/h1-11H. The van der Waals surface area contributed by atoms with Crippen molar-refractivity contribution in [3.8, 4) is 11.4 Å². The lowest BCUT2D eigenvalue weighted by molar-refractivity contribution is -0.385. The van der Waals surface area contributed by atoms with Crippen LogP contribution in [0.1, 0.15) is 0 Å². The van der Waals surface area contributed by atoms with Crippen molar-refractivity contribution in [2.24, 2.45) is 0 Å². The van der Waals surface area contributed by atoms with Crippen molar-refractivity contribution in [3.63, 3.8) is 0 Å². The van der Waals surface area contributed by atoms with Gasteiger partial charge in [0.05, 0.1) is 25.2 Å². The number of rotatable bonds is 3. The molecule has 0 bridgehead atoms. The molecule has 4 aromatic rings. The van der Waals surface area contributed by atoms with E-state index in [1.807, 2.05) is 22.6 Å². The molecule has 0 saturated heterocycles. The molecule has 0 aliphatic carbocycles. The summed E-state index contributed by atoms with van der Waals surface area (Å²) >= 11 is 1.86. The van der Waals surface area contributed by atoms with Crippen LogP contribution < -0.4 is 5.69 Å². The molecule has 0 N–H and O–H groups in total. The summed E-state index contributed by atoms with van der Waals surface area (Å²) in [5.41, 5.74) is 0.397. The van der Waals surface area contributed by atoms with Crippen molar-refractivity contribution >= 4 is 39.3 Å². The molecule has 6 nitrogen and oxygen atoms in total. The Bertz CT molecular complexity index is 1260. The van der Waals surface area contributed by atoms with Gasteiger partial charge in [-0.3, -0.25) is 19.2 Å². The Hall–Kier alpha value is -3.01. The number of nitrogens with zero attached hydrogens (tertiary/aromatic N) is 3. The van der Waals surface area contributed by atoms with Crippen LogP contribution in [0.2, 0.25) is 0 Å². The molecule has 0 amide bonds. The molecular formula is C19H11FIN3O3. The molecular weight excluding hydrogens is 464 g/mol. The number of hydrogen-bond acceptors (Lipinski definition) is 3. The van der Waals surface area contributed by atoms with Crippen LogP contribution in [0.4, 0.5) is 10.1 Å². The highest BCUT2D eigenvalue weighted by Gasteiger charge is 2.25. The first-order valence-corrected chi connectivity index (χ1v) is 8.99. The molecule has 8 heteroatoms. The van der Waals surface area contributed by atoms with Crippen molar-refractivity contribution < 1.29 is 9.31 Å². The number of benzene rings is 3. The molecule has 0 aliphatic heterocycles. The number of hydrogen-bond donors (Lipinski definition) is 0. The Morgan fingerprint density at radius 2 is 1.41 bits per heavy atom. The first kappa shape index (κ1) is 17.4. The van der Waals surface area contributed by atoms with Crippen LogP contribution in [-0.4, -0.2) is 14.1 Å². The van der Waals surface area contributed by atoms with Crippen molar-refractivity contribution in [1.29, 1.82) is 0 Å². The average molecular weight is 475 g/mol. The first-order valence-electron chi connectivity index (χ1n) is 7.91. The zero-order valence-corrected chi connectivity index (χ0v) is 15.8. The van der Waals surface area contributed by atoms with E-state index >= 15 is 0 Å². The SMILES string of the molecule is O=c1n(-c2ccccc2F)c2ccccc2n1-c1cccc(I)c1[N+](=O)[O-]. The lowest BCUT2D eigenvalue weighted by Crippen LogP contribution is -2.23. The molecule has 1 aromatic heterocycles. The smallest absolute Gasteiger partial charge is 0.258 e. The normalized spacial score (nSPS) is 11.0. The number of fused-ring (bicyclic) bond motifs is 1. The summed E-state index contributed by atoms with van der Waals surface area (Å²) in [6.45, 7) is 0. The maximum absolute atomic E-state index is 14.4. The van der Waals surface area contributed by atoms with Crippen LogP contribution in [0, 0.1) is 19.5 Å². The molecule has 4 rings (SSSR count). The lowest BCUT2D eigenvalue weighted by Gasteiger charge is -2.06. The number of nitro groups is 1. The van der Waals surface area contributed by atoms with E-state index in [0.717, 1.165) is 0 Å². The maximum Gasteiger partial charge on any atom is 0.338 e. The molecule has 0 radical (unpaired) electrons. The maximum atomic E-state index is 14.4. The van der Waals surface area contributed by atoms with E-state index in [1.54, 1.807) is 42.5 Å². The highest BCUT2D eigenvalue weighted by molar-refractivity contribution is 14.1. The fourth-order valence-electron chi connectivity index (χ4n) is 3.11. The summed E-state index contributed by atoms with van der Waals surface area (Å²) in [5, 5.41) is 11.6. The van der Waals surface area contributed by atoms with Crippen LogP contribution in [-0.2, 0) is 0 Å². The molecule has 0 unspecified atom stereocenters. The van der Waals surface area contributed by atoms with Crippen molar-refractivity contribution in [2.45, 2.75) is 0 Å². The minimum absolute atomic E-state index is 0.0886. The van der Waals surface area contributed by atoms with Crippen LogP contribution >= 0.6 is 22.6 Å². The van der Waals surface area contributed by atoms with E-state index < -0.39 is 16.4 Å². The highest BCUT2D eigenvalue weighted by Crippen LogP contribution is 2.30. The zero-order valence-electron chi connectivity index (χ0n) is 13.7. The second kappa shape index (κ2) is 6.62. The third-order valence-corrected chi connectivity index (χ3v) is 5.10. The fourth-order valence-corrected chi connectivity index (χ4v) is 3.79. The van der Waals surface area contributed by atoms with Gasteiger partial charge in [-0.15, -0.1) is 0 Å². The summed E-state index contributed by atoms with van der Waals surface area (Å²) < 4.78 is 17.3. The molecule has 134 valence electrons. The van der Waals surface area contributed by atoms with Gasteiger partial charge in [0.2, 0.25) is 0 Å². The second-order valence-corrected chi connectivity index (χ2v) is 6.92. The average Bonchev–Trinajstić information content (AvgIpc) is 2.93. The summed E-state index contributed by atoms with van der Waals surface area (Å²) in [6.07, 6.45) is 0. The third-order valence-electron chi connectivity index (χ3n) is 4.23.